The monoisotopic (exact) mass is 397 g/mol. The van der Waals surface area contributed by atoms with Crippen molar-refractivity contribution in [1.82, 2.24) is 10.2 Å². The van der Waals surface area contributed by atoms with Crippen LogP contribution in [-0.2, 0) is 11.3 Å². The van der Waals surface area contributed by atoms with Gasteiger partial charge in [0.25, 0.3) is 0 Å². The van der Waals surface area contributed by atoms with E-state index in [2.05, 4.69) is 10.6 Å². The van der Waals surface area contributed by atoms with Gasteiger partial charge >= 0.3 is 6.03 Å². The van der Waals surface area contributed by atoms with Crippen LogP contribution in [0.3, 0.4) is 0 Å². The summed E-state index contributed by atoms with van der Waals surface area (Å²) >= 11 is 0. The second kappa shape index (κ2) is 8.64. The number of likely N-dealkylation sites (tertiary alicyclic amines) is 1. The van der Waals surface area contributed by atoms with Crippen LogP contribution in [0.25, 0.3) is 0 Å². The van der Waals surface area contributed by atoms with Crippen molar-refractivity contribution >= 4 is 17.6 Å². The summed E-state index contributed by atoms with van der Waals surface area (Å²) in [5, 5.41) is 5.91. The number of rotatable bonds is 4. The molecule has 1 heterocycles. The van der Waals surface area contributed by atoms with E-state index in [0.29, 0.717) is 19.6 Å². The Labute approximate surface area is 171 Å². The number of urea groups is 1. The van der Waals surface area contributed by atoms with Crippen LogP contribution in [0.5, 0.6) is 0 Å². The Morgan fingerprint density at radius 2 is 1.86 bits per heavy atom. The molecule has 1 aliphatic rings. The molecule has 0 spiro atoms. The average molecular weight is 397 g/mol. The summed E-state index contributed by atoms with van der Waals surface area (Å²) in [4.78, 5) is 27.4. The van der Waals surface area contributed by atoms with Crippen LogP contribution in [0.1, 0.15) is 36.5 Å². The first-order valence-electron chi connectivity index (χ1n) is 9.93. The van der Waals surface area contributed by atoms with E-state index in [1.54, 1.807) is 17.0 Å². The Kier molecular flexibility index (Phi) is 6.20. The number of aryl methyl sites for hydroxylation is 2. The lowest BCUT2D eigenvalue weighted by Crippen LogP contribution is -2.52. The maximum atomic E-state index is 13.0. The summed E-state index contributed by atoms with van der Waals surface area (Å²) < 4.78 is 13.0. The van der Waals surface area contributed by atoms with Crippen molar-refractivity contribution in [2.75, 3.05) is 18.4 Å². The molecule has 1 atom stereocenters. The van der Waals surface area contributed by atoms with Gasteiger partial charge < -0.3 is 15.5 Å². The molecule has 0 unspecified atom stereocenters. The van der Waals surface area contributed by atoms with Gasteiger partial charge in [0.15, 0.2) is 0 Å². The number of anilines is 1. The van der Waals surface area contributed by atoms with Gasteiger partial charge in [-0.15, -0.1) is 0 Å². The topological polar surface area (TPSA) is 61.4 Å². The van der Waals surface area contributed by atoms with E-state index in [-0.39, 0.29) is 17.8 Å². The number of hydrogen-bond acceptors (Lipinski definition) is 2. The van der Waals surface area contributed by atoms with Gasteiger partial charge in [-0.2, -0.15) is 0 Å². The van der Waals surface area contributed by atoms with Gasteiger partial charge in [0.05, 0.1) is 5.41 Å². The summed E-state index contributed by atoms with van der Waals surface area (Å²) in [6.45, 7) is 7.15. The van der Waals surface area contributed by atoms with Gasteiger partial charge in [-0.3, -0.25) is 4.79 Å². The molecule has 3 rings (SSSR count). The van der Waals surface area contributed by atoms with Gasteiger partial charge in [-0.05, 0) is 68.5 Å². The molecule has 0 aromatic heterocycles. The predicted octanol–water partition coefficient (Wildman–Crippen LogP) is 4.39. The second-order valence-corrected chi connectivity index (χ2v) is 8.14. The largest absolute Gasteiger partial charge is 0.351 e. The third-order valence-corrected chi connectivity index (χ3v) is 5.53. The molecule has 1 aliphatic heterocycles. The fraction of sp³-hybridized carbons (Fsp3) is 0.391. The van der Waals surface area contributed by atoms with Crippen LogP contribution >= 0.6 is 0 Å². The predicted molar refractivity (Wildman–Crippen MR) is 112 cm³/mol. The first kappa shape index (κ1) is 20.8. The van der Waals surface area contributed by atoms with Crippen LogP contribution in [0, 0.1) is 25.1 Å². The fourth-order valence-corrected chi connectivity index (χ4v) is 3.66. The molecule has 0 radical (unpaired) electrons. The number of piperidine rings is 1. The number of nitrogens with one attached hydrogen (secondary N) is 2. The summed E-state index contributed by atoms with van der Waals surface area (Å²) in [6.07, 6.45) is 1.48. The summed E-state index contributed by atoms with van der Waals surface area (Å²) in [5.41, 5.74) is 3.05. The lowest BCUT2D eigenvalue weighted by atomic mass is 9.81. The van der Waals surface area contributed by atoms with E-state index in [1.165, 1.54) is 12.1 Å². The molecule has 0 aliphatic carbocycles. The zero-order valence-electron chi connectivity index (χ0n) is 17.2. The zero-order chi connectivity index (χ0) is 21.0. The Morgan fingerprint density at radius 1 is 1.14 bits per heavy atom. The first-order valence-corrected chi connectivity index (χ1v) is 9.93. The molecule has 29 heavy (non-hydrogen) atoms. The highest BCUT2D eigenvalue weighted by Gasteiger charge is 2.39. The highest BCUT2D eigenvalue weighted by Crippen LogP contribution is 2.30. The minimum Gasteiger partial charge on any atom is -0.351 e. The molecular formula is C23H28FN3O2. The standard InChI is InChI=1S/C23H28FN3O2/c1-16-5-6-17(2)20(13-16)26-22(29)27-12-4-11-23(3,15-27)21(28)25-14-18-7-9-19(24)10-8-18/h5-10,13H,4,11-12,14-15H2,1-3H3,(H,25,28)(H,26,29)/t23-/m1/s1. The summed E-state index contributed by atoms with van der Waals surface area (Å²) in [6, 6.07) is 11.8. The molecule has 2 N–H and O–H groups in total. The Morgan fingerprint density at radius 3 is 2.59 bits per heavy atom. The van der Waals surface area contributed by atoms with E-state index in [0.717, 1.165) is 35.2 Å². The number of carbonyl (C=O) groups excluding carboxylic acids is 2. The normalized spacial score (nSPS) is 19.0. The van der Waals surface area contributed by atoms with Crippen molar-refractivity contribution in [3.05, 3.63) is 65.0 Å². The quantitative estimate of drug-likeness (QED) is 0.804. The van der Waals surface area contributed by atoms with Crippen LogP contribution in [0.4, 0.5) is 14.9 Å². The maximum absolute atomic E-state index is 13.0. The Hall–Kier alpha value is -2.89. The third kappa shape index (κ3) is 5.13. The molecule has 2 aromatic carbocycles. The first-order chi connectivity index (χ1) is 13.8. The highest BCUT2D eigenvalue weighted by atomic mass is 19.1. The second-order valence-electron chi connectivity index (χ2n) is 8.14. The zero-order valence-corrected chi connectivity index (χ0v) is 17.2. The van der Waals surface area contributed by atoms with Crippen molar-refractivity contribution in [2.45, 2.75) is 40.2 Å². The van der Waals surface area contributed by atoms with Gasteiger partial charge in [0.1, 0.15) is 5.82 Å². The van der Waals surface area contributed by atoms with Crippen LogP contribution in [0.2, 0.25) is 0 Å². The minimum atomic E-state index is -0.655. The van der Waals surface area contributed by atoms with Crippen LogP contribution in [0.15, 0.2) is 42.5 Å². The third-order valence-electron chi connectivity index (χ3n) is 5.53. The molecule has 0 saturated carbocycles. The van der Waals surface area contributed by atoms with Gasteiger partial charge in [0.2, 0.25) is 5.91 Å². The maximum Gasteiger partial charge on any atom is 0.321 e. The molecular weight excluding hydrogens is 369 g/mol. The number of halogens is 1. The molecule has 154 valence electrons. The minimum absolute atomic E-state index is 0.0916. The van der Waals surface area contributed by atoms with E-state index in [9.17, 15) is 14.0 Å². The van der Waals surface area contributed by atoms with E-state index in [4.69, 9.17) is 0 Å². The van der Waals surface area contributed by atoms with Crippen molar-refractivity contribution in [3.8, 4) is 0 Å². The van der Waals surface area contributed by atoms with Crippen molar-refractivity contribution in [1.29, 1.82) is 0 Å². The van der Waals surface area contributed by atoms with Crippen molar-refractivity contribution in [2.24, 2.45) is 5.41 Å². The van der Waals surface area contributed by atoms with Crippen molar-refractivity contribution in [3.63, 3.8) is 0 Å². The van der Waals surface area contributed by atoms with Crippen LogP contribution < -0.4 is 10.6 Å². The summed E-state index contributed by atoms with van der Waals surface area (Å²) in [7, 11) is 0. The molecule has 6 heteroatoms. The van der Waals surface area contributed by atoms with E-state index < -0.39 is 5.41 Å². The molecule has 1 fully saturated rings. The molecule has 3 amide bonds. The average Bonchev–Trinajstić information content (AvgIpc) is 2.70. The van der Waals surface area contributed by atoms with Gasteiger partial charge in [-0.1, -0.05) is 24.3 Å². The number of benzene rings is 2. The Bertz CT molecular complexity index is 897. The molecule has 0 bridgehead atoms. The number of amides is 3. The Balaban J connectivity index is 1.61. The smallest absolute Gasteiger partial charge is 0.321 e. The van der Waals surface area contributed by atoms with Crippen LogP contribution in [-0.4, -0.2) is 29.9 Å². The fourth-order valence-electron chi connectivity index (χ4n) is 3.66. The SMILES string of the molecule is Cc1ccc(C)c(NC(=O)N2CCC[C@@](C)(C(=O)NCc3ccc(F)cc3)C2)c1. The van der Waals surface area contributed by atoms with E-state index in [1.807, 2.05) is 39.0 Å². The molecule has 5 nitrogen and oxygen atoms in total. The molecule has 1 saturated heterocycles. The van der Waals surface area contributed by atoms with Crippen molar-refractivity contribution < 1.29 is 14.0 Å². The number of nitrogens with zero attached hydrogens (tertiary/aromatic N) is 1. The van der Waals surface area contributed by atoms with E-state index >= 15 is 0 Å². The number of carbonyl (C=O) groups is 2. The van der Waals surface area contributed by atoms with Gasteiger partial charge in [-0.25, -0.2) is 9.18 Å². The number of hydrogen-bond donors (Lipinski definition) is 2. The van der Waals surface area contributed by atoms with Gasteiger partial charge in [0, 0.05) is 25.3 Å². The summed E-state index contributed by atoms with van der Waals surface area (Å²) in [5.74, 6) is -0.393. The molecule has 2 aromatic rings. The lowest BCUT2D eigenvalue weighted by molar-refractivity contribution is -0.132. The highest BCUT2D eigenvalue weighted by molar-refractivity contribution is 5.91. The lowest BCUT2D eigenvalue weighted by Gasteiger charge is -2.39.